The summed E-state index contributed by atoms with van der Waals surface area (Å²) in [4.78, 5) is 0.859. The van der Waals surface area contributed by atoms with Crippen molar-refractivity contribution >= 4 is 27.3 Å². The summed E-state index contributed by atoms with van der Waals surface area (Å²) in [6.07, 6.45) is -2.65. The minimum atomic E-state index is -2.65. The van der Waals surface area contributed by atoms with Gasteiger partial charge < -0.3 is 4.42 Å². The zero-order chi connectivity index (χ0) is 15.9. The molecule has 3 aromatic rings. The van der Waals surface area contributed by atoms with Crippen LogP contribution in [-0.2, 0) is 0 Å². The fraction of sp³-hybridized carbons (Fsp3) is 0.308. The average Bonchev–Trinajstić information content (AvgIpc) is 3.19. The zero-order valence-corrected chi connectivity index (χ0v) is 14.0. The molecule has 0 fully saturated rings. The van der Waals surface area contributed by atoms with Gasteiger partial charge in [-0.1, -0.05) is 6.07 Å². The molecule has 0 N–H and O–H groups in total. The van der Waals surface area contributed by atoms with E-state index in [1.807, 2.05) is 17.5 Å². The van der Waals surface area contributed by atoms with Gasteiger partial charge in [0, 0.05) is 0 Å². The highest BCUT2D eigenvalue weighted by atomic mass is 79.9. The van der Waals surface area contributed by atoms with E-state index >= 15 is 0 Å². The van der Waals surface area contributed by atoms with Gasteiger partial charge in [-0.2, -0.15) is 5.10 Å². The number of halogens is 3. The van der Waals surface area contributed by atoms with Crippen LogP contribution >= 0.6 is 27.3 Å². The number of hydrogen-bond acceptors (Lipinski definition) is 5. The van der Waals surface area contributed by atoms with E-state index in [1.165, 1.54) is 16.0 Å². The Hall–Kier alpha value is -1.61. The van der Waals surface area contributed by atoms with Gasteiger partial charge in [0.25, 0.3) is 12.3 Å². The van der Waals surface area contributed by atoms with Crippen molar-refractivity contribution < 1.29 is 13.2 Å². The molecule has 0 aromatic carbocycles. The molecular weight excluding hydrogens is 378 g/mol. The van der Waals surface area contributed by atoms with Crippen LogP contribution in [0.15, 0.2) is 26.4 Å². The van der Waals surface area contributed by atoms with E-state index in [1.54, 1.807) is 13.8 Å². The topological polar surface area (TPSA) is 56.7 Å². The molecule has 0 radical (unpaired) electrons. The summed E-state index contributed by atoms with van der Waals surface area (Å²) in [7, 11) is 0. The molecule has 0 aliphatic heterocycles. The number of rotatable bonds is 4. The van der Waals surface area contributed by atoms with Crippen molar-refractivity contribution in [2.75, 3.05) is 0 Å². The van der Waals surface area contributed by atoms with Gasteiger partial charge in [0.15, 0.2) is 0 Å². The zero-order valence-electron chi connectivity index (χ0n) is 11.6. The molecule has 3 aromatic heterocycles. The summed E-state index contributed by atoms with van der Waals surface area (Å²) in [6, 6.07) is 3.32. The highest BCUT2D eigenvalue weighted by molar-refractivity contribution is 9.10. The molecule has 0 aliphatic rings. The van der Waals surface area contributed by atoms with E-state index in [-0.39, 0.29) is 5.69 Å². The summed E-state index contributed by atoms with van der Waals surface area (Å²) < 4.78 is 33.2. The van der Waals surface area contributed by atoms with Crippen LogP contribution in [-0.4, -0.2) is 20.0 Å². The minimum Gasteiger partial charge on any atom is -0.418 e. The highest BCUT2D eigenvalue weighted by Gasteiger charge is 2.25. The fourth-order valence-corrected chi connectivity index (χ4v) is 3.12. The van der Waals surface area contributed by atoms with Gasteiger partial charge in [-0.05, 0) is 41.2 Å². The van der Waals surface area contributed by atoms with Crippen LogP contribution in [0.25, 0.3) is 10.8 Å². The minimum absolute atomic E-state index is 0.289. The van der Waals surface area contributed by atoms with Crippen molar-refractivity contribution in [1.29, 1.82) is 0 Å². The van der Waals surface area contributed by atoms with Gasteiger partial charge in [0.05, 0.1) is 15.0 Å². The molecule has 5 nitrogen and oxygen atoms in total. The molecule has 0 bridgehead atoms. The van der Waals surface area contributed by atoms with Gasteiger partial charge in [0.2, 0.25) is 5.89 Å². The lowest BCUT2D eigenvalue weighted by molar-refractivity contribution is 0.144. The Bertz CT molecular complexity index is 784. The first-order valence-electron chi connectivity index (χ1n) is 6.39. The number of thiophene rings is 1. The maximum absolute atomic E-state index is 12.9. The lowest BCUT2D eigenvalue weighted by Gasteiger charge is -2.09. The molecule has 22 heavy (non-hydrogen) atoms. The predicted octanol–water partition coefficient (Wildman–Crippen LogP) is 4.61. The smallest absolute Gasteiger partial charge is 0.283 e. The fourth-order valence-electron chi connectivity index (χ4n) is 2.05. The number of nitrogens with zero attached hydrogens (tertiary/aromatic N) is 4. The van der Waals surface area contributed by atoms with E-state index in [2.05, 4.69) is 31.2 Å². The SMILES string of the molecule is Cc1c(Br)c(C(F)F)nn1C(C)c1nnc(-c2cccs2)o1. The van der Waals surface area contributed by atoms with E-state index in [0.717, 1.165) is 4.88 Å². The van der Waals surface area contributed by atoms with Gasteiger partial charge in [-0.3, -0.25) is 4.68 Å². The van der Waals surface area contributed by atoms with Gasteiger partial charge in [-0.25, -0.2) is 8.78 Å². The van der Waals surface area contributed by atoms with Crippen molar-refractivity contribution in [1.82, 2.24) is 20.0 Å². The number of alkyl halides is 2. The molecule has 9 heteroatoms. The Morgan fingerprint density at radius 3 is 2.73 bits per heavy atom. The average molecular weight is 389 g/mol. The first kappa shape index (κ1) is 15.3. The lowest BCUT2D eigenvalue weighted by atomic mass is 10.3. The number of hydrogen-bond donors (Lipinski definition) is 0. The van der Waals surface area contributed by atoms with Crippen LogP contribution in [0.5, 0.6) is 0 Å². The van der Waals surface area contributed by atoms with Gasteiger partial charge >= 0.3 is 0 Å². The molecule has 0 saturated heterocycles. The van der Waals surface area contributed by atoms with Crippen molar-refractivity contribution in [2.45, 2.75) is 26.3 Å². The highest BCUT2D eigenvalue weighted by Crippen LogP contribution is 2.32. The standard InChI is InChI=1S/C13H11BrF2N4OS/c1-6-9(14)10(11(15)16)19-20(6)7(2)12-17-18-13(21-12)8-4-3-5-22-8/h3-5,7,11H,1-2H3. The maximum atomic E-state index is 12.9. The monoisotopic (exact) mass is 388 g/mol. The largest absolute Gasteiger partial charge is 0.418 e. The van der Waals surface area contributed by atoms with Crippen LogP contribution in [0.1, 0.15) is 36.7 Å². The Balaban J connectivity index is 1.95. The van der Waals surface area contributed by atoms with Crippen molar-refractivity contribution in [2.24, 2.45) is 0 Å². The van der Waals surface area contributed by atoms with Crippen LogP contribution < -0.4 is 0 Å². The third-order valence-corrected chi connectivity index (χ3v) is 5.04. The second kappa shape index (κ2) is 5.88. The third-order valence-electron chi connectivity index (χ3n) is 3.21. The van der Waals surface area contributed by atoms with Crippen molar-refractivity contribution in [3.05, 3.63) is 39.3 Å². The summed E-state index contributed by atoms with van der Waals surface area (Å²) in [5.41, 5.74) is 0.293. The lowest BCUT2D eigenvalue weighted by Crippen LogP contribution is -2.11. The quantitative estimate of drug-likeness (QED) is 0.654. The van der Waals surface area contributed by atoms with E-state index in [9.17, 15) is 8.78 Å². The first-order valence-corrected chi connectivity index (χ1v) is 8.06. The summed E-state index contributed by atoms with van der Waals surface area (Å²) >= 11 is 4.64. The molecule has 0 saturated carbocycles. The van der Waals surface area contributed by atoms with Gasteiger partial charge in [0.1, 0.15) is 11.7 Å². The summed E-state index contributed by atoms with van der Waals surface area (Å²) in [6.45, 7) is 3.48. The second-order valence-corrected chi connectivity index (χ2v) is 6.37. The molecule has 116 valence electrons. The predicted molar refractivity (Wildman–Crippen MR) is 81.0 cm³/mol. The van der Waals surface area contributed by atoms with E-state index in [4.69, 9.17) is 4.42 Å². The molecule has 0 spiro atoms. The van der Waals surface area contributed by atoms with Crippen LogP contribution in [0.3, 0.4) is 0 Å². The molecule has 1 atom stereocenters. The van der Waals surface area contributed by atoms with Crippen molar-refractivity contribution in [3.63, 3.8) is 0 Å². The molecule has 0 amide bonds. The Labute approximate surface area is 137 Å². The second-order valence-electron chi connectivity index (χ2n) is 4.63. The van der Waals surface area contributed by atoms with Crippen LogP contribution in [0.2, 0.25) is 0 Å². The van der Waals surface area contributed by atoms with Crippen LogP contribution in [0.4, 0.5) is 8.78 Å². The normalized spacial score (nSPS) is 13.0. The molecule has 0 aliphatic carbocycles. The van der Waals surface area contributed by atoms with E-state index in [0.29, 0.717) is 21.9 Å². The summed E-state index contributed by atoms with van der Waals surface area (Å²) in [5.74, 6) is 0.733. The molecule has 1 unspecified atom stereocenters. The molecular formula is C13H11BrF2N4OS. The summed E-state index contributed by atoms with van der Waals surface area (Å²) in [5, 5.41) is 13.9. The van der Waals surface area contributed by atoms with Crippen LogP contribution in [0, 0.1) is 6.92 Å². The molecule has 3 rings (SSSR count). The Morgan fingerprint density at radius 2 is 2.14 bits per heavy atom. The van der Waals surface area contributed by atoms with E-state index < -0.39 is 12.5 Å². The molecule has 3 heterocycles. The first-order chi connectivity index (χ1) is 10.5. The number of aromatic nitrogens is 4. The van der Waals surface area contributed by atoms with Crippen molar-refractivity contribution in [3.8, 4) is 10.8 Å². The van der Waals surface area contributed by atoms with Gasteiger partial charge in [-0.15, -0.1) is 21.5 Å². The third kappa shape index (κ3) is 2.58. The Kier molecular flexibility index (Phi) is 4.09. The maximum Gasteiger partial charge on any atom is 0.283 e. The Morgan fingerprint density at radius 1 is 1.36 bits per heavy atom.